The van der Waals surface area contributed by atoms with Gasteiger partial charge in [-0.05, 0) is 49.6 Å². The molecule has 1 saturated heterocycles. The zero-order valence-corrected chi connectivity index (χ0v) is 26.1. The zero-order valence-electron chi connectivity index (χ0n) is 26.1. The van der Waals surface area contributed by atoms with Crippen molar-refractivity contribution in [2.45, 2.75) is 64.3 Å². The highest BCUT2D eigenvalue weighted by molar-refractivity contribution is 6.09. The van der Waals surface area contributed by atoms with E-state index in [0.717, 1.165) is 45.2 Å². The number of halogens is 1. The standard InChI is InChI=1S/C35H43FN4O5/c1-3-33(42)37-30(35(44)40-17-15-39(2)16-18-40)20-23-13-14-29(28(36)19-23)38-34(43)26(24-9-5-4-6-10-24)21-31(41)27-22-45-32-12-8-7-11-25(27)32/h7-8,11-14,19,22,24,26,30H,3-6,9-10,15-18,20-21H2,1-2H3,(H,37,42)(H,38,43)/t26-,30+/m0/s1. The molecule has 2 fully saturated rings. The fourth-order valence-electron chi connectivity index (χ4n) is 6.51. The number of Topliss-reactive ketones (excluding diaryl/α,β-unsaturated/α-hetero) is 1. The minimum absolute atomic E-state index is 0.00688. The molecule has 0 radical (unpaired) electrons. The summed E-state index contributed by atoms with van der Waals surface area (Å²) >= 11 is 0. The summed E-state index contributed by atoms with van der Waals surface area (Å²) in [7, 11) is 2.00. The minimum Gasteiger partial charge on any atom is -0.464 e. The third kappa shape index (κ3) is 7.97. The first-order valence-electron chi connectivity index (χ1n) is 16.1. The van der Waals surface area contributed by atoms with Crippen LogP contribution >= 0.6 is 0 Å². The second-order valence-corrected chi connectivity index (χ2v) is 12.4. The number of para-hydroxylation sites is 1. The first-order chi connectivity index (χ1) is 21.7. The van der Waals surface area contributed by atoms with Crippen molar-refractivity contribution in [1.29, 1.82) is 0 Å². The van der Waals surface area contributed by atoms with Gasteiger partial charge in [0, 0.05) is 56.7 Å². The first kappa shape index (κ1) is 32.3. The molecule has 1 saturated carbocycles. The molecule has 2 aliphatic rings. The van der Waals surface area contributed by atoms with E-state index < -0.39 is 17.8 Å². The number of hydrogen-bond donors (Lipinski definition) is 2. The van der Waals surface area contributed by atoms with Crippen molar-refractivity contribution in [3.05, 3.63) is 65.7 Å². The van der Waals surface area contributed by atoms with E-state index in [1.54, 1.807) is 24.0 Å². The third-order valence-corrected chi connectivity index (χ3v) is 9.24. The van der Waals surface area contributed by atoms with Gasteiger partial charge in [0.2, 0.25) is 17.7 Å². The number of fused-ring (bicyclic) bond motifs is 1. The lowest BCUT2D eigenvalue weighted by Gasteiger charge is -2.34. The molecule has 0 spiro atoms. The molecular weight excluding hydrogens is 575 g/mol. The van der Waals surface area contributed by atoms with Crippen molar-refractivity contribution in [1.82, 2.24) is 15.1 Å². The molecule has 3 amide bonds. The Hall–Kier alpha value is -4.05. The van der Waals surface area contributed by atoms with E-state index in [0.29, 0.717) is 35.2 Å². The Morgan fingerprint density at radius 1 is 1.00 bits per heavy atom. The van der Waals surface area contributed by atoms with Crippen LogP contribution in [0.5, 0.6) is 0 Å². The second kappa shape index (κ2) is 14.8. The summed E-state index contributed by atoms with van der Waals surface area (Å²) in [4.78, 5) is 56.6. The first-order valence-corrected chi connectivity index (χ1v) is 16.1. The van der Waals surface area contributed by atoms with E-state index in [1.165, 1.54) is 18.4 Å². The lowest BCUT2D eigenvalue weighted by atomic mass is 9.77. The Morgan fingerprint density at radius 3 is 2.44 bits per heavy atom. The van der Waals surface area contributed by atoms with Crippen LogP contribution in [0.1, 0.15) is 67.8 Å². The number of hydrogen-bond acceptors (Lipinski definition) is 6. The van der Waals surface area contributed by atoms with Gasteiger partial charge >= 0.3 is 0 Å². The number of anilines is 1. The molecule has 45 heavy (non-hydrogen) atoms. The Balaban J connectivity index is 1.30. The molecule has 10 heteroatoms. The average Bonchev–Trinajstić information content (AvgIpc) is 3.49. The molecule has 5 rings (SSSR count). The van der Waals surface area contributed by atoms with E-state index in [9.17, 15) is 19.2 Å². The van der Waals surface area contributed by atoms with Crippen LogP contribution in [0, 0.1) is 17.7 Å². The Kier molecular flexibility index (Phi) is 10.7. The van der Waals surface area contributed by atoms with E-state index in [2.05, 4.69) is 15.5 Å². The number of nitrogens with one attached hydrogen (secondary N) is 2. The van der Waals surface area contributed by atoms with Crippen molar-refractivity contribution < 1.29 is 28.0 Å². The van der Waals surface area contributed by atoms with Crippen molar-refractivity contribution in [2.75, 3.05) is 38.5 Å². The summed E-state index contributed by atoms with van der Waals surface area (Å²) in [6.45, 7) is 4.34. The highest BCUT2D eigenvalue weighted by atomic mass is 19.1. The smallest absolute Gasteiger partial charge is 0.245 e. The Labute approximate surface area is 263 Å². The number of rotatable bonds is 11. The van der Waals surface area contributed by atoms with Gasteiger partial charge in [-0.3, -0.25) is 19.2 Å². The zero-order chi connectivity index (χ0) is 31.9. The molecule has 9 nitrogen and oxygen atoms in total. The maximum atomic E-state index is 15.5. The van der Waals surface area contributed by atoms with Crippen LogP contribution in [-0.4, -0.2) is 72.6 Å². The van der Waals surface area contributed by atoms with E-state index in [4.69, 9.17) is 4.42 Å². The SMILES string of the molecule is CCC(=O)N[C@H](Cc1ccc(NC(=O)[C@@H](CC(=O)c2coc3ccccc23)C2CCCCC2)c(F)c1)C(=O)N1CCN(C)CC1. The average molecular weight is 619 g/mol. The van der Waals surface area contributed by atoms with Gasteiger partial charge in [0.1, 0.15) is 23.7 Å². The fraction of sp³-hybridized carbons (Fsp3) is 0.486. The van der Waals surface area contributed by atoms with Crippen LogP contribution in [0.3, 0.4) is 0 Å². The van der Waals surface area contributed by atoms with Crippen LogP contribution in [0.15, 0.2) is 53.1 Å². The van der Waals surface area contributed by atoms with Crippen LogP contribution < -0.4 is 10.6 Å². The molecule has 3 aromatic rings. The van der Waals surface area contributed by atoms with Gasteiger partial charge in [0.25, 0.3) is 0 Å². The Morgan fingerprint density at radius 2 is 1.73 bits per heavy atom. The Bertz CT molecular complexity index is 1520. The van der Waals surface area contributed by atoms with Gasteiger partial charge in [-0.1, -0.05) is 50.5 Å². The fourth-order valence-corrected chi connectivity index (χ4v) is 6.51. The molecule has 1 aliphatic carbocycles. The highest BCUT2D eigenvalue weighted by Gasteiger charge is 2.33. The summed E-state index contributed by atoms with van der Waals surface area (Å²) in [6, 6.07) is 10.9. The monoisotopic (exact) mass is 618 g/mol. The quantitative estimate of drug-likeness (QED) is 0.286. The summed E-state index contributed by atoms with van der Waals surface area (Å²) in [5.41, 5.74) is 1.61. The number of amides is 3. The largest absolute Gasteiger partial charge is 0.464 e. The molecule has 2 heterocycles. The summed E-state index contributed by atoms with van der Waals surface area (Å²) < 4.78 is 21.0. The third-order valence-electron chi connectivity index (χ3n) is 9.24. The summed E-state index contributed by atoms with van der Waals surface area (Å²) in [6.07, 6.45) is 6.56. The molecule has 1 aromatic heterocycles. The maximum Gasteiger partial charge on any atom is 0.245 e. The van der Waals surface area contributed by atoms with Crippen molar-refractivity contribution >= 4 is 40.2 Å². The minimum atomic E-state index is -0.818. The van der Waals surface area contributed by atoms with E-state index in [-0.39, 0.29) is 54.4 Å². The maximum absolute atomic E-state index is 15.5. The van der Waals surface area contributed by atoms with Crippen molar-refractivity contribution in [3.63, 3.8) is 0 Å². The summed E-state index contributed by atoms with van der Waals surface area (Å²) in [5, 5.41) is 6.28. The number of piperazine rings is 1. The molecular formula is C35H43FN4O5. The van der Waals surface area contributed by atoms with Gasteiger partial charge in [-0.25, -0.2) is 4.39 Å². The summed E-state index contributed by atoms with van der Waals surface area (Å²) in [5.74, 6) is -2.22. The van der Waals surface area contributed by atoms with Crippen LogP contribution in [-0.2, 0) is 20.8 Å². The van der Waals surface area contributed by atoms with Gasteiger partial charge in [-0.2, -0.15) is 0 Å². The molecule has 240 valence electrons. The van der Waals surface area contributed by atoms with Crippen molar-refractivity contribution in [3.8, 4) is 0 Å². The van der Waals surface area contributed by atoms with Gasteiger partial charge in [0.15, 0.2) is 5.78 Å². The molecule has 1 aliphatic heterocycles. The number of ketones is 1. The highest BCUT2D eigenvalue weighted by Crippen LogP contribution is 2.34. The number of benzene rings is 2. The lowest BCUT2D eigenvalue weighted by Crippen LogP contribution is -2.54. The topological polar surface area (TPSA) is 112 Å². The second-order valence-electron chi connectivity index (χ2n) is 12.4. The number of carbonyl (C=O) groups excluding carboxylic acids is 4. The number of nitrogens with zero attached hydrogens (tertiary/aromatic N) is 2. The number of carbonyl (C=O) groups is 4. The lowest BCUT2D eigenvalue weighted by molar-refractivity contribution is -0.137. The molecule has 0 bridgehead atoms. The van der Waals surface area contributed by atoms with Gasteiger partial charge in [0.05, 0.1) is 11.3 Å². The normalized spacial score (nSPS) is 17.5. The van der Waals surface area contributed by atoms with Gasteiger partial charge in [-0.15, -0.1) is 0 Å². The number of furan rings is 1. The van der Waals surface area contributed by atoms with Crippen LogP contribution in [0.25, 0.3) is 11.0 Å². The van der Waals surface area contributed by atoms with E-state index in [1.807, 2.05) is 25.2 Å². The predicted octanol–water partition coefficient (Wildman–Crippen LogP) is 5.19. The van der Waals surface area contributed by atoms with Crippen LogP contribution in [0.2, 0.25) is 0 Å². The molecule has 2 N–H and O–H groups in total. The molecule has 2 aromatic carbocycles. The molecule has 0 unspecified atom stereocenters. The number of likely N-dealkylation sites (N-methyl/N-ethyl adjacent to an activating group) is 1. The van der Waals surface area contributed by atoms with E-state index >= 15 is 4.39 Å². The van der Waals surface area contributed by atoms with Gasteiger partial charge < -0.3 is 24.9 Å². The van der Waals surface area contributed by atoms with Crippen molar-refractivity contribution in [2.24, 2.45) is 11.8 Å². The molecule has 2 atom stereocenters. The van der Waals surface area contributed by atoms with Crippen LogP contribution in [0.4, 0.5) is 10.1 Å². The predicted molar refractivity (Wildman–Crippen MR) is 170 cm³/mol.